The van der Waals surface area contributed by atoms with Gasteiger partial charge in [0.2, 0.25) is 0 Å². The number of nitrogens with zero attached hydrogens (tertiary/aromatic N) is 4. The molecule has 0 spiro atoms. The minimum atomic E-state index is -0.0215. The van der Waals surface area contributed by atoms with Crippen molar-refractivity contribution in [2.75, 3.05) is 9.80 Å². The van der Waals surface area contributed by atoms with Gasteiger partial charge in [0.1, 0.15) is 11.6 Å². The van der Waals surface area contributed by atoms with Gasteiger partial charge in [-0.2, -0.15) is 0 Å². The molecule has 0 N–H and O–H groups in total. The second-order valence-corrected chi connectivity index (χ2v) is 20.3. The van der Waals surface area contributed by atoms with E-state index in [1.807, 2.05) is 24.5 Å². The number of pyridine rings is 2. The summed E-state index contributed by atoms with van der Waals surface area (Å²) in [7, 11) is 0. The van der Waals surface area contributed by atoms with E-state index < -0.39 is 0 Å². The predicted octanol–water partition coefficient (Wildman–Crippen LogP) is 15.2. The van der Waals surface area contributed by atoms with Gasteiger partial charge in [-0.25, -0.2) is 9.97 Å². The summed E-state index contributed by atoms with van der Waals surface area (Å²) in [4.78, 5) is 14.9. The maximum absolute atomic E-state index is 4.90. The van der Waals surface area contributed by atoms with Crippen LogP contribution in [0.5, 0.6) is 0 Å². The van der Waals surface area contributed by atoms with Crippen molar-refractivity contribution in [3.8, 4) is 33.4 Å². The molecular weight excluding hydrogens is 765 g/mol. The third-order valence-electron chi connectivity index (χ3n) is 17.5. The summed E-state index contributed by atoms with van der Waals surface area (Å²) < 4.78 is 0. The van der Waals surface area contributed by atoms with E-state index in [2.05, 4.69) is 159 Å². The molecule has 0 amide bonds. The first-order chi connectivity index (χ1) is 30.7. The number of fused-ring (bicyclic) bond motifs is 14. The van der Waals surface area contributed by atoms with Gasteiger partial charge in [0.05, 0.1) is 11.1 Å². The van der Waals surface area contributed by atoms with Crippen LogP contribution < -0.4 is 9.80 Å². The quantitative estimate of drug-likeness (QED) is 0.166. The Bertz CT molecular complexity index is 3190. The number of benzene rings is 6. The van der Waals surface area contributed by atoms with E-state index in [9.17, 15) is 0 Å². The van der Waals surface area contributed by atoms with Gasteiger partial charge in [0.25, 0.3) is 0 Å². The van der Waals surface area contributed by atoms with Crippen molar-refractivity contribution in [1.82, 2.24) is 9.97 Å². The van der Waals surface area contributed by atoms with Crippen LogP contribution in [0.3, 0.4) is 0 Å². The van der Waals surface area contributed by atoms with E-state index in [1.165, 1.54) is 140 Å². The first kappa shape index (κ1) is 37.3. The van der Waals surface area contributed by atoms with Crippen LogP contribution in [0.2, 0.25) is 0 Å². The largest absolute Gasteiger partial charge is 0.319 e. The predicted molar refractivity (Wildman–Crippen MR) is 262 cm³/mol. The normalized spacial score (nSPS) is 25.4. The highest BCUT2D eigenvalue weighted by Crippen LogP contribution is 2.62. The molecule has 4 atom stereocenters. The van der Waals surface area contributed by atoms with Gasteiger partial charge in [0.15, 0.2) is 0 Å². The Kier molecular flexibility index (Phi) is 7.78. The number of hydrogen-bond donors (Lipinski definition) is 0. The molecule has 2 aromatic heterocycles. The standard InChI is InChI=1S/C59H54N4/c1-56-27-9-11-29-58(56,3)62(53-17-7-13-31-60-53)51-25-21-40(36-49(51)56)38-19-23-43-42(33-38)35-48-45-24-20-39(34-47(45)44-15-5-6-16-46(44)55(43)48)41-22-26-52-50(37-41)57(2)28-10-12-30-59(57,4)63(52)54-18-8-14-32-61-54/h5-8,13-26,31-34,36-37H,9-12,27-30,35H2,1-4H3. The van der Waals surface area contributed by atoms with E-state index >= 15 is 0 Å². The van der Waals surface area contributed by atoms with E-state index in [4.69, 9.17) is 9.97 Å². The van der Waals surface area contributed by atoms with Crippen molar-refractivity contribution < 1.29 is 0 Å². The van der Waals surface area contributed by atoms with E-state index in [-0.39, 0.29) is 21.9 Å². The second kappa shape index (κ2) is 13.1. The van der Waals surface area contributed by atoms with Crippen molar-refractivity contribution in [2.24, 2.45) is 0 Å². The van der Waals surface area contributed by atoms with Gasteiger partial charge >= 0.3 is 0 Å². The molecule has 4 heterocycles. The Balaban J connectivity index is 0.895. The lowest BCUT2D eigenvalue weighted by atomic mass is 9.61. The summed E-state index contributed by atoms with van der Waals surface area (Å²) in [5.41, 5.74) is 16.5. The summed E-state index contributed by atoms with van der Waals surface area (Å²) in [6.07, 6.45) is 14.6. The van der Waals surface area contributed by atoms with Crippen molar-refractivity contribution in [3.63, 3.8) is 0 Å². The molecule has 3 aliphatic carbocycles. The Morgan fingerprint density at radius 2 is 0.952 bits per heavy atom. The fourth-order valence-corrected chi connectivity index (χ4v) is 13.8. The summed E-state index contributed by atoms with van der Waals surface area (Å²) >= 11 is 0. The van der Waals surface area contributed by atoms with Crippen molar-refractivity contribution in [2.45, 2.75) is 107 Å². The third kappa shape index (κ3) is 4.93. The Morgan fingerprint density at radius 1 is 0.444 bits per heavy atom. The Morgan fingerprint density at radius 3 is 1.54 bits per heavy atom. The molecule has 63 heavy (non-hydrogen) atoms. The van der Waals surface area contributed by atoms with Crippen LogP contribution >= 0.6 is 0 Å². The molecular formula is C59H54N4. The molecule has 0 radical (unpaired) electrons. The highest BCUT2D eigenvalue weighted by Gasteiger charge is 2.59. The van der Waals surface area contributed by atoms with Crippen LogP contribution in [0.1, 0.15) is 101 Å². The number of aromatic nitrogens is 2. The molecule has 6 aromatic carbocycles. The molecule has 4 unspecified atom stereocenters. The third-order valence-corrected chi connectivity index (χ3v) is 17.5. The summed E-state index contributed by atoms with van der Waals surface area (Å²) in [6.45, 7) is 10.0. The molecule has 4 heteroatoms. The highest BCUT2D eigenvalue weighted by atomic mass is 15.3. The topological polar surface area (TPSA) is 32.3 Å². The summed E-state index contributed by atoms with van der Waals surface area (Å²) in [5, 5.41) is 5.40. The molecule has 2 fully saturated rings. The number of rotatable bonds is 4. The lowest BCUT2D eigenvalue weighted by Gasteiger charge is -2.49. The average molecular weight is 819 g/mol. The zero-order valence-corrected chi connectivity index (χ0v) is 37.0. The minimum absolute atomic E-state index is 0.0150. The summed E-state index contributed by atoms with van der Waals surface area (Å²) in [5.74, 6) is 2.11. The molecule has 310 valence electrons. The molecule has 2 aliphatic heterocycles. The monoisotopic (exact) mass is 818 g/mol. The van der Waals surface area contributed by atoms with Crippen LogP contribution in [0.4, 0.5) is 23.0 Å². The van der Waals surface area contributed by atoms with Gasteiger partial charge in [0, 0.05) is 34.6 Å². The molecule has 0 bridgehead atoms. The lowest BCUT2D eigenvalue weighted by molar-refractivity contribution is 0.194. The molecule has 2 saturated carbocycles. The van der Waals surface area contributed by atoms with Crippen molar-refractivity contribution in [1.29, 1.82) is 0 Å². The smallest absolute Gasteiger partial charge is 0.133 e. The number of hydrogen-bond acceptors (Lipinski definition) is 4. The van der Waals surface area contributed by atoms with Crippen LogP contribution in [0, 0.1) is 0 Å². The first-order valence-electron chi connectivity index (χ1n) is 23.5. The van der Waals surface area contributed by atoms with Crippen LogP contribution in [-0.4, -0.2) is 21.0 Å². The lowest BCUT2D eigenvalue weighted by Crippen LogP contribution is -2.54. The van der Waals surface area contributed by atoms with Crippen molar-refractivity contribution >= 4 is 44.6 Å². The van der Waals surface area contributed by atoms with E-state index in [0.29, 0.717) is 0 Å². The zero-order chi connectivity index (χ0) is 42.3. The maximum Gasteiger partial charge on any atom is 0.133 e. The van der Waals surface area contributed by atoms with Gasteiger partial charge in [-0.05, 0) is 178 Å². The second-order valence-electron chi connectivity index (χ2n) is 20.3. The Labute approximate surface area is 371 Å². The van der Waals surface area contributed by atoms with E-state index in [0.717, 1.165) is 18.1 Å². The molecule has 0 saturated heterocycles. The zero-order valence-electron chi connectivity index (χ0n) is 37.0. The fourth-order valence-electron chi connectivity index (χ4n) is 13.8. The van der Waals surface area contributed by atoms with Crippen molar-refractivity contribution in [3.05, 3.63) is 168 Å². The minimum Gasteiger partial charge on any atom is -0.319 e. The van der Waals surface area contributed by atoms with Gasteiger partial charge in [-0.15, -0.1) is 0 Å². The molecule has 13 rings (SSSR count). The number of anilines is 4. The van der Waals surface area contributed by atoms with Gasteiger partial charge in [-0.3, -0.25) is 0 Å². The van der Waals surface area contributed by atoms with Gasteiger partial charge < -0.3 is 9.80 Å². The maximum atomic E-state index is 4.90. The first-order valence-corrected chi connectivity index (χ1v) is 23.5. The SMILES string of the molecule is CC12CCCCC1(C)N(c1ccccn1)c1ccc(-c3ccc4c(c3)Cc3c-4c4ccccc4c4cc(-c5ccc6c(c5)C5(C)CCCCC5(C)N6c5ccccn5)ccc34)cc12. The van der Waals surface area contributed by atoms with Crippen LogP contribution in [0.25, 0.3) is 54.9 Å². The summed E-state index contributed by atoms with van der Waals surface area (Å²) in [6, 6.07) is 51.0. The van der Waals surface area contributed by atoms with Crippen LogP contribution in [-0.2, 0) is 17.3 Å². The highest BCUT2D eigenvalue weighted by molar-refractivity contribution is 6.18. The molecule has 8 aromatic rings. The Hall–Kier alpha value is -6.26. The van der Waals surface area contributed by atoms with E-state index in [1.54, 1.807) is 0 Å². The molecule has 5 aliphatic rings. The molecule has 4 nitrogen and oxygen atoms in total. The fraction of sp³-hybridized carbons (Fsp3) is 0.288. The van der Waals surface area contributed by atoms with Crippen LogP contribution in [0.15, 0.2) is 146 Å². The van der Waals surface area contributed by atoms with Gasteiger partial charge in [-0.1, -0.05) is 118 Å². The average Bonchev–Trinajstić information content (AvgIpc) is 3.88.